The molecule has 0 aromatic carbocycles. The van der Waals surface area contributed by atoms with E-state index < -0.39 is 0 Å². The summed E-state index contributed by atoms with van der Waals surface area (Å²) in [4.78, 5) is 11.7. The molecule has 3 nitrogen and oxygen atoms in total. The van der Waals surface area contributed by atoms with Gasteiger partial charge >= 0.3 is 0 Å². The van der Waals surface area contributed by atoms with Gasteiger partial charge in [-0.1, -0.05) is 40.5 Å². The van der Waals surface area contributed by atoms with E-state index in [1.54, 1.807) is 0 Å². The van der Waals surface area contributed by atoms with Crippen molar-refractivity contribution in [3.05, 3.63) is 23.8 Å². The van der Waals surface area contributed by atoms with Gasteiger partial charge in [-0.3, -0.25) is 0 Å². The summed E-state index contributed by atoms with van der Waals surface area (Å²) in [5.74, 6) is 2.92. The number of piperidine rings is 1. The smallest absolute Gasteiger partial charge is 0.130 e. The fourth-order valence-corrected chi connectivity index (χ4v) is 3.50. The Bertz CT molecular complexity index is 419. The van der Waals surface area contributed by atoms with Crippen LogP contribution in [0.25, 0.3) is 0 Å². The van der Waals surface area contributed by atoms with Gasteiger partial charge in [-0.25, -0.2) is 9.97 Å². The average molecular weight is 303 g/mol. The van der Waals surface area contributed by atoms with Crippen molar-refractivity contribution >= 4 is 0 Å². The van der Waals surface area contributed by atoms with E-state index in [1.807, 2.05) is 0 Å². The number of nitrogens with zero attached hydrogens (tertiary/aromatic N) is 3. The van der Waals surface area contributed by atoms with E-state index in [-0.39, 0.29) is 0 Å². The molecule has 0 radical (unpaired) electrons. The minimum Gasteiger partial charge on any atom is -0.303 e. The highest BCUT2D eigenvalue weighted by Gasteiger charge is 2.22. The number of hydrogen-bond acceptors (Lipinski definition) is 3. The first-order valence-electron chi connectivity index (χ1n) is 9.18. The van der Waals surface area contributed by atoms with Crippen LogP contribution in [-0.4, -0.2) is 34.5 Å². The molecule has 1 atom stereocenters. The van der Waals surface area contributed by atoms with Crippen LogP contribution in [0.2, 0.25) is 0 Å². The highest BCUT2D eigenvalue weighted by Crippen LogP contribution is 2.28. The standard InChI is InChI=1S/C19H33N3/c1-5-7-16(6-2)14-22-10-8-17(9-11-22)18-12-20-19(15(3)4)21-13-18/h12-13,15-17H,5-11,14H2,1-4H3. The van der Waals surface area contributed by atoms with Gasteiger partial charge in [-0.15, -0.1) is 0 Å². The first kappa shape index (κ1) is 17.4. The molecule has 1 saturated heterocycles. The Hall–Kier alpha value is -0.960. The summed E-state index contributed by atoms with van der Waals surface area (Å²) in [6.45, 7) is 12.7. The molecule has 0 spiro atoms. The Labute approximate surface area is 136 Å². The maximum absolute atomic E-state index is 4.53. The van der Waals surface area contributed by atoms with E-state index in [0.29, 0.717) is 11.8 Å². The summed E-state index contributed by atoms with van der Waals surface area (Å²) in [7, 11) is 0. The predicted molar refractivity (Wildman–Crippen MR) is 93.2 cm³/mol. The first-order chi connectivity index (χ1) is 10.6. The van der Waals surface area contributed by atoms with Gasteiger partial charge in [0.1, 0.15) is 5.82 Å². The molecule has 0 amide bonds. The molecule has 0 saturated carbocycles. The van der Waals surface area contributed by atoms with Gasteiger partial charge in [0.25, 0.3) is 0 Å². The van der Waals surface area contributed by atoms with Gasteiger partial charge in [0.05, 0.1) is 0 Å². The molecule has 2 heterocycles. The molecule has 1 aliphatic rings. The molecule has 0 bridgehead atoms. The second-order valence-corrected chi connectivity index (χ2v) is 7.17. The lowest BCUT2D eigenvalue weighted by Gasteiger charge is -2.34. The zero-order chi connectivity index (χ0) is 15.9. The second kappa shape index (κ2) is 8.61. The second-order valence-electron chi connectivity index (χ2n) is 7.17. The summed E-state index contributed by atoms with van der Waals surface area (Å²) in [5.41, 5.74) is 1.34. The molecule has 1 fully saturated rings. The molecule has 1 aliphatic heterocycles. The van der Waals surface area contributed by atoms with E-state index in [9.17, 15) is 0 Å². The van der Waals surface area contributed by atoms with Gasteiger partial charge < -0.3 is 4.90 Å². The quantitative estimate of drug-likeness (QED) is 0.737. The van der Waals surface area contributed by atoms with E-state index in [4.69, 9.17) is 0 Å². The SMILES string of the molecule is CCCC(CC)CN1CCC(c2cnc(C(C)C)nc2)CC1. The first-order valence-corrected chi connectivity index (χ1v) is 9.18. The average Bonchev–Trinajstić information content (AvgIpc) is 2.55. The van der Waals surface area contributed by atoms with Gasteiger partial charge in [-0.2, -0.15) is 0 Å². The largest absolute Gasteiger partial charge is 0.303 e. The van der Waals surface area contributed by atoms with Crippen molar-refractivity contribution in [3.63, 3.8) is 0 Å². The lowest BCUT2D eigenvalue weighted by atomic mass is 9.90. The molecular weight excluding hydrogens is 270 g/mol. The third kappa shape index (κ3) is 4.77. The van der Waals surface area contributed by atoms with E-state index >= 15 is 0 Å². The van der Waals surface area contributed by atoms with Crippen LogP contribution in [0.1, 0.15) is 83.0 Å². The van der Waals surface area contributed by atoms with Crippen LogP contribution in [0.3, 0.4) is 0 Å². The third-order valence-corrected chi connectivity index (χ3v) is 5.06. The van der Waals surface area contributed by atoms with Gasteiger partial charge in [0.2, 0.25) is 0 Å². The predicted octanol–water partition coefficient (Wildman–Crippen LogP) is 4.61. The zero-order valence-corrected chi connectivity index (χ0v) is 14.9. The number of aromatic nitrogens is 2. The summed E-state index contributed by atoms with van der Waals surface area (Å²) in [6.07, 6.45) is 10.6. The summed E-state index contributed by atoms with van der Waals surface area (Å²) >= 11 is 0. The van der Waals surface area contributed by atoms with E-state index in [0.717, 1.165) is 11.7 Å². The molecule has 2 rings (SSSR count). The normalized spacial score (nSPS) is 18.8. The maximum atomic E-state index is 4.53. The van der Waals surface area contributed by atoms with Gasteiger partial charge in [0, 0.05) is 24.9 Å². The Morgan fingerprint density at radius 2 is 1.77 bits per heavy atom. The minimum absolute atomic E-state index is 0.417. The van der Waals surface area contributed by atoms with E-state index in [1.165, 1.54) is 57.3 Å². The highest BCUT2D eigenvalue weighted by molar-refractivity contribution is 5.13. The van der Waals surface area contributed by atoms with Crippen molar-refractivity contribution in [1.82, 2.24) is 14.9 Å². The topological polar surface area (TPSA) is 29.0 Å². The fraction of sp³-hybridized carbons (Fsp3) is 0.789. The van der Waals surface area contributed by atoms with Crippen molar-refractivity contribution in [1.29, 1.82) is 0 Å². The zero-order valence-electron chi connectivity index (χ0n) is 14.9. The van der Waals surface area contributed by atoms with Gasteiger partial charge in [0.15, 0.2) is 0 Å². The molecule has 1 aromatic heterocycles. The van der Waals surface area contributed by atoms with Crippen LogP contribution < -0.4 is 0 Å². The summed E-state index contributed by atoms with van der Waals surface area (Å²) < 4.78 is 0. The number of likely N-dealkylation sites (tertiary alicyclic amines) is 1. The van der Waals surface area contributed by atoms with Crippen LogP contribution in [-0.2, 0) is 0 Å². The minimum atomic E-state index is 0.417. The third-order valence-electron chi connectivity index (χ3n) is 5.06. The maximum Gasteiger partial charge on any atom is 0.130 e. The summed E-state index contributed by atoms with van der Waals surface area (Å²) in [5, 5.41) is 0. The van der Waals surface area contributed by atoms with Crippen LogP contribution in [0, 0.1) is 5.92 Å². The monoisotopic (exact) mass is 303 g/mol. The molecule has 22 heavy (non-hydrogen) atoms. The van der Waals surface area contributed by atoms with Crippen molar-refractivity contribution < 1.29 is 0 Å². The number of hydrogen-bond donors (Lipinski definition) is 0. The Kier molecular flexibility index (Phi) is 6.81. The molecule has 0 aliphatic carbocycles. The molecule has 124 valence electrons. The Morgan fingerprint density at radius 1 is 1.14 bits per heavy atom. The van der Waals surface area contributed by atoms with E-state index in [2.05, 4.69) is 55.0 Å². The molecule has 1 unspecified atom stereocenters. The van der Waals surface area contributed by atoms with Gasteiger partial charge in [-0.05, 0) is 49.8 Å². The van der Waals surface area contributed by atoms with Crippen molar-refractivity contribution in [3.8, 4) is 0 Å². The molecule has 3 heteroatoms. The van der Waals surface area contributed by atoms with Crippen LogP contribution in [0.15, 0.2) is 12.4 Å². The van der Waals surface area contributed by atoms with Crippen LogP contribution >= 0.6 is 0 Å². The molecule has 0 N–H and O–H groups in total. The van der Waals surface area contributed by atoms with Crippen molar-refractivity contribution in [2.24, 2.45) is 5.92 Å². The number of rotatable bonds is 7. The lowest BCUT2D eigenvalue weighted by Crippen LogP contribution is -2.36. The molecular formula is C19H33N3. The van der Waals surface area contributed by atoms with Crippen LogP contribution in [0.5, 0.6) is 0 Å². The van der Waals surface area contributed by atoms with Crippen molar-refractivity contribution in [2.45, 2.75) is 71.6 Å². The molecule has 1 aromatic rings. The van der Waals surface area contributed by atoms with Crippen molar-refractivity contribution in [2.75, 3.05) is 19.6 Å². The Balaban J connectivity index is 1.83. The van der Waals surface area contributed by atoms with Crippen LogP contribution in [0.4, 0.5) is 0 Å². The highest BCUT2D eigenvalue weighted by atomic mass is 15.1. The summed E-state index contributed by atoms with van der Waals surface area (Å²) in [6, 6.07) is 0. The lowest BCUT2D eigenvalue weighted by molar-refractivity contribution is 0.176. The fourth-order valence-electron chi connectivity index (χ4n) is 3.50. The Morgan fingerprint density at radius 3 is 2.27 bits per heavy atom.